The second-order valence-electron chi connectivity index (χ2n) is 9.04. The lowest BCUT2D eigenvalue weighted by molar-refractivity contribution is 0.0898. The van der Waals surface area contributed by atoms with Crippen molar-refractivity contribution in [2.75, 3.05) is 13.7 Å². The fourth-order valence-corrected chi connectivity index (χ4v) is 4.27. The molecule has 2 heterocycles. The van der Waals surface area contributed by atoms with Gasteiger partial charge in [0.05, 0.1) is 30.2 Å². The fourth-order valence-electron chi connectivity index (χ4n) is 3.52. The lowest BCUT2D eigenvalue weighted by Crippen LogP contribution is -2.21. The number of imidazole rings is 1. The molecule has 0 atom stereocenters. The molecule has 0 spiro atoms. The summed E-state index contributed by atoms with van der Waals surface area (Å²) in [5.74, 6) is 0.383. The maximum Gasteiger partial charge on any atom is 0.165 e. The molecule has 0 amide bonds. The molecule has 0 N–H and O–H groups in total. The molecular formula is C23H28FN5O2Si. The second-order valence-corrected chi connectivity index (χ2v) is 14.7. The van der Waals surface area contributed by atoms with Gasteiger partial charge in [0.1, 0.15) is 13.1 Å². The van der Waals surface area contributed by atoms with Crippen molar-refractivity contribution in [3.8, 4) is 22.8 Å². The Labute approximate surface area is 187 Å². The van der Waals surface area contributed by atoms with Gasteiger partial charge in [-0.2, -0.15) is 5.10 Å². The van der Waals surface area contributed by atoms with E-state index < -0.39 is 13.9 Å². The maximum absolute atomic E-state index is 13.9. The smallest absolute Gasteiger partial charge is 0.165 e. The number of halogens is 1. The van der Waals surface area contributed by atoms with Gasteiger partial charge >= 0.3 is 0 Å². The summed E-state index contributed by atoms with van der Waals surface area (Å²) in [7, 11) is 0.303. The van der Waals surface area contributed by atoms with E-state index in [9.17, 15) is 4.39 Å². The van der Waals surface area contributed by atoms with Crippen LogP contribution < -0.4 is 4.74 Å². The van der Waals surface area contributed by atoms with E-state index in [1.807, 2.05) is 30.0 Å². The minimum atomic E-state index is -1.14. The minimum absolute atomic E-state index is 0.157. The van der Waals surface area contributed by atoms with Crippen LogP contribution in [0.25, 0.3) is 28.1 Å². The Morgan fingerprint density at radius 1 is 1.09 bits per heavy atom. The molecule has 32 heavy (non-hydrogen) atoms. The zero-order valence-electron chi connectivity index (χ0n) is 19.1. The van der Waals surface area contributed by atoms with E-state index in [0.29, 0.717) is 18.2 Å². The molecule has 0 aliphatic rings. The Bertz CT molecular complexity index is 1250. The summed E-state index contributed by atoms with van der Waals surface area (Å²) in [6.07, 6.45) is 3.30. The average molecular weight is 454 g/mol. The monoisotopic (exact) mass is 453 g/mol. The number of hydrogen-bond donors (Lipinski definition) is 0. The molecule has 4 rings (SSSR count). The molecule has 0 fully saturated rings. The van der Waals surface area contributed by atoms with E-state index in [-0.39, 0.29) is 5.75 Å². The van der Waals surface area contributed by atoms with Crippen molar-refractivity contribution in [2.24, 2.45) is 0 Å². The number of benzene rings is 2. The van der Waals surface area contributed by atoms with Crippen molar-refractivity contribution in [3.05, 3.63) is 54.4 Å². The molecule has 0 aliphatic heterocycles. The van der Waals surface area contributed by atoms with E-state index in [4.69, 9.17) is 9.47 Å². The van der Waals surface area contributed by atoms with Crippen LogP contribution in [0.5, 0.6) is 5.75 Å². The Morgan fingerprint density at radius 3 is 2.66 bits per heavy atom. The van der Waals surface area contributed by atoms with Gasteiger partial charge in [0.2, 0.25) is 0 Å². The SMILES string of the molecule is COc1cc(-n2ncnc2-c2cc(C)c3ncn(COCC[Si](C)(C)C)c3c2)ccc1F. The molecule has 2 aromatic heterocycles. The molecule has 7 nitrogen and oxygen atoms in total. The van der Waals surface area contributed by atoms with Gasteiger partial charge in [-0.15, -0.1) is 0 Å². The quantitative estimate of drug-likeness (QED) is 0.276. The summed E-state index contributed by atoms with van der Waals surface area (Å²) in [6, 6.07) is 9.81. The van der Waals surface area contributed by atoms with Crippen molar-refractivity contribution >= 4 is 19.1 Å². The van der Waals surface area contributed by atoms with Crippen LogP contribution in [0.15, 0.2) is 43.0 Å². The van der Waals surface area contributed by atoms with Crippen molar-refractivity contribution < 1.29 is 13.9 Å². The lowest BCUT2D eigenvalue weighted by atomic mass is 10.1. The molecule has 0 radical (unpaired) electrons. The van der Waals surface area contributed by atoms with Crippen molar-refractivity contribution in [2.45, 2.75) is 39.3 Å². The van der Waals surface area contributed by atoms with E-state index in [0.717, 1.165) is 34.8 Å². The number of aromatic nitrogens is 5. The molecule has 2 aromatic carbocycles. The van der Waals surface area contributed by atoms with Crippen molar-refractivity contribution in [1.82, 2.24) is 24.3 Å². The van der Waals surface area contributed by atoms with Gasteiger partial charge in [-0.3, -0.25) is 0 Å². The zero-order valence-corrected chi connectivity index (χ0v) is 20.1. The van der Waals surface area contributed by atoms with E-state index in [1.54, 1.807) is 16.8 Å². The van der Waals surface area contributed by atoms with Crippen LogP contribution in [0.1, 0.15) is 5.56 Å². The molecule has 9 heteroatoms. The first-order valence-electron chi connectivity index (χ1n) is 10.5. The van der Waals surface area contributed by atoms with E-state index in [2.05, 4.69) is 34.7 Å². The van der Waals surface area contributed by atoms with Crippen LogP contribution in [0.3, 0.4) is 0 Å². The molecule has 4 aromatic rings. The third-order valence-electron chi connectivity index (χ3n) is 5.33. The number of rotatable bonds is 8. The molecular weight excluding hydrogens is 425 g/mol. The van der Waals surface area contributed by atoms with Gasteiger partial charge in [-0.25, -0.2) is 19.0 Å². The summed E-state index contributed by atoms with van der Waals surface area (Å²) in [5.41, 5.74) is 4.48. The summed E-state index contributed by atoms with van der Waals surface area (Å²) in [4.78, 5) is 9.04. The van der Waals surface area contributed by atoms with Crippen LogP contribution in [-0.4, -0.2) is 46.1 Å². The number of hydrogen-bond acceptors (Lipinski definition) is 5. The minimum Gasteiger partial charge on any atom is -0.494 e. The van der Waals surface area contributed by atoms with Crippen molar-refractivity contribution in [3.63, 3.8) is 0 Å². The van der Waals surface area contributed by atoms with Crippen molar-refractivity contribution in [1.29, 1.82) is 0 Å². The number of nitrogens with zero attached hydrogens (tertiary/aromatic N) is 5. The van der Waals surface area contributed by atoms with Gasteiger partial charge in [-0.1, -0.05) is 19.6 Å². The van der Waals surface area contributed by atoms with Gasteiger partial charge < -0.3 is 14.0 Å². The summed E-state index contributed by atoms with van der Waals surface area (Å²) in [6.45, 7) is 10.2. The van der Waals surface area contributed by atoms with Crippen LogP contribution >= 0.6 is 0 Å². The highest BCUT2D eigenvalue weighted by molar-refractivity contribution is 6.76. The van der Waals surface area contributed by atoms with Gasteiger partial charge in [-0.05, 0) is 42.8 Å². The fraction of sp³-hybridized carbons (Fsp3) is 0.348. The molecule has 0 saturated carbocycles. The summed E-state index contributed by atoms with van der Waals surface area (Å²) < 4.78 is 28.6. The normalized spacial score (nSPS) is 11.9. The highest BCUT2D eigenvalue weighted by Gasteiger charge is 2.16. The molecule has 0 aliphatic carbocycles. The number of fused-ring (bicyclic) bond motifs is 1. The summed E-state index contributed by atoms with van der Waals surface area (Å²) in [5, 5.41) is 4.36. The molecule has 0 unspecified atom stereocenters. The van der Waals surface area contributed by atoms with Gasteiger partial charge in [0.15, 0.2) is 17.4 Å². The molecule has 0 bridgehead atoms. The third kappa shape index (κ3) is 4.58. The van der Waals surface area contributed by atoms with Gasteiger partial charge in [0, 0.05) is 26.3 Å². The lowest BCUT2D eigenvalue weighted by Gasteiger charge is -2.15. The zero-order chi connectivity index (χ0) is 22.9. The van der Waals surface area contributed by atoms with Gasteiger partial charge in [0.25, 0.3) is 0 Å². The average Bonchev–Trinajstić information content (AvgIpc) is 3.38. The van der Waals surface area contributed by atoms with E-state index >= 15 is 0 Å². The topological polar surface area (TPSA) is 67.0 Å². The first-order valence-corrected chi connectivity index (χ1v) is 14.2. The number of methoxy groups -OCH3 is 1. The summed E-state index contributed by atoms with van der Waals surface area (Å²) >= 11 is 0. The third-order valence-corrected chi connectivity index (χ3v) is 7.03. The second kappa shape index (κ2) is 8.83. The standard InChI is InChI=1S/C23H28FN5O2Si/c1-16-10-17(11-20-22(16)26-14-28(20)15-31-8-9-32(3,4)5)23-25-13-27-29(23)18-6-7-19(24)21(12-18)30-2/h6-7,10-14H,8-9,15H2,1-5H3. The Kier molecular flexibility index (Phi) is 6.12. The highest BCUT2D eigenvalue weighted by Crippen LogP contribution is 2.28. The molecule has 168 valence electrons. The molecule has 0 saturated heterocycles. The van der Waals surface area contributed by atoms with Crippen LogP contribution in [0.2, 0.25) is 25.7 Å². The van der Waals surface area contributed by atoms with Crippen LogP contribution in [0, 0.1) is 12.7 Å². The predicted molar refractivity (Wildman–Crippen MR) is 125 cm³/mol. The Balaban J connectivity index is 1.67. The Hall–Kier alpha value is -3.04. The number of aryl methyl sites for hydroxylation is 1. The largest absolute Gasteiger partial charge is 0.494 e. The van der Waals surface area contributed by atoms with E-state index in [1.165, 1.54) is 19.5 Å². The van der Waals surface area contributed by atoms with Crippen LogP contribution in [0.4, 0.5) is 4.39 Å². The predicted octanol–water partition coefficient (Wildman–Crippen LogP) is 5.05. The first-order chi connectivity index (χ1) is 15.3. The van der Waals surface area contributed by atoms with Crippen LogP contribution in [-0.2, 0) is 11.5 Å². The highest BCUT2D eigenvalue weighted by atomic mass is 28.3. The number of ether oxygens (including phenoxy) is 2. The Morgan fingerprint density at radius 2 is 1.91 bits per heavy atom. The maximum atomic E-state index is 13.9. The first kappa shape index (κ1) is 22.2.